The molecule has 9 heteroatoms. The molecule has 0 saturated carbocycles. The molecular weight excluding hydrogens is 510 g/mol. The number of nitrogens with zero attached hydrogens (tertiary/aromatic N) is 2. The van der Waals surface area contributed by atoms with Crippen LogP contribution in [-0.4, -0.2) is 36.6 Å². The highest BCUT2D eigenvalue weighted by molar-refractivity contribution is 14.1. The molecule has 1 saturated heterocycles. The second-order valence-electron chi connectivity index (χ2n) is 6.81. The minimum atomic E-state index is -4.12. The minimum Gasteiger partial charge on any atom is -0.274 e. The lowest BCUT2D eigenvalue weighted by Crippen LogP contribution is -2.49. The maximum Gasteiger partial charge on any atom is 0.252 e. The Kier molecular flexibility index (Phi) is 6.39. The van der Waals surface area contributed by atoms with E-state index in [2.05, 4.69) is 22.6 Å². The molecule has 1 aliphatic rings. The summed E-state index contributed by atoms with van der Waals surface area (Å²) in [6, 6.07) is 9.62. The first-order valence-electron chi connectivity index (χ1n) is 9.08. The molecular formula is C20H20FIN2O4S. The number of anilines is 1. The van der Waals surface area contributed by atoms with Crippen molar-refractivity contribution < 1.29 is 22.4 Å². The number of rotatable bonds is 6. The molecule has 154 valence electrons. The molecule has 1 fully saturated rings. The highest BCUT2D eigenvalue weighted by Crippen LogP contribution is 2.31. The first kappa shape index (κ1) is 21.8. The van der Waals surface area contributed by atoms with E-state index in [-0.39, 0.29) is 11.3 Å². The van der Waals surface area contributed by atoms with Crippen molar-refractivity contribution in [1.29, 1.82) is 0 Å². The second-order valence-corrected chi connectivity index (χ2v) is 9.90. The zero-order chi connectivity index (χ0) is 21.3. The second kappa shape index (κ2) is 8.49. The summed E-state index contributed by atoms with van der Waals surface area (Å²) in [4.78, 5) is 26.7. The number of hydrogen-bond acceptors (Lipinski definition) is 4. The molecule has 0 spiro atoms. The van der Waals surface area contributed by atoms with Gasteiger partial charge in [0.15, 0.2) is 0 Å². The van der Waals surface area contributed by atoms with E-state index in [1.54, 1.807) is 38.1 Å². The molecule has 2 atom stereocenters. The van der Waals surface area contributed by atoms with E-state index >= 15 is 0 Å². The summed E-state index contributed by atoms with van der Waals surface area (Å²) in [5.74, 6) is -1.60. The van der Waals surface area contributed by atoms with Gasteiger partial charge in [0.05, 0.1) is 17.0 Å². The van der Waals surface area contributed by atoms with Gasteiger partial charge in [-0.2, -0.15) is 4.31 Å². The van der Waals surface area contributed by atoms with Crippen LogP contribution in [-0.2, 0) is 19.6 Å². The Bertz CT molecular complexity index is 1030. The SMILES string of the molecule is CCC(C)N(C1CC(=O)N(c2ccc(I)cc2)C1=O)S(=O)(=O)c1ccc(F)cc1. The van der Waals surface area contributed by atoms with Gasteiger partial charge in [-0.3, -0.25) is 9.59 Å². The molecule has 0 aliphatic carbocycles. The number of hydrogen-bond donors (Lipinski definition) is 0. The summed E-state index contributed by atoms with van der Waals surface area (Å²) in [5.41, 5.74) is 0.409. The predicted octanol–water partition coefficient (Wildman–Crippen LogP) is 3.55. The van der Waals surface area contributed by atoms with E-state index in [1.165, 1.54) is 0 Å². The third-order valence-corrected chi connectivity index (χ3v) is 7.69. The fraction of sp³-hybridized carbons (Fsp3) is 0.300. The average Bonchev–Trinajstić information content (AvgIpc) is 2.96. The van der Waals surface area contributed by atoms with Crippen LogP contribution in [0.1, 0.15) is 26.7 Å². The molecule has 2 amide bonds. The van der Waals surface area contributed by atoms with Crippen molar-refractivity contribution in [2.75, 3.05) is 4.90 Å². The van der Waals surface area contributed by atoms with Gasteiger partial charge in [-0.1, -0.05) is 6.92 Å². The summed E-state index contributed by atoms with van der Waals surface area (Å²) in [7, 11) is -4.12. The van der Waals surface area contributed by atoms with Crippen molar-refractivity contribution in [1.82, 2.24) is 4.31 Å². The standard InChI is InChI=1S/C20H20FIN2O4S/c1-3-13(2)24(29(27,28)17-10-4-14(21)5-11-17)18-12-19(25)23(20(18)26)16-8-6-15(22)7-9-16/h4-11,13,18H,3,12H2,1-2H3. The van der Waals surface area contributed by atoms with E-state index < -0.39 is 39.7 Å². The van der Waals surface area contributed by atoms with Gasteiger partial charge in [0, 0.05) is 9.61 Å². The number of imide groups is 1. The smallest absolute Gasteiger partial charge is 0.252 e. The van der Waals surface area contributed by atoms with Crippen LogP contribution in [0.4, 0.5) is 10.1 Å². The summed E-state index contributed by atoms with van der Waals surface area (Å²) in [6.07, 6.45) is 0.206. The Morgan fingerprint density at radius 3 is 2.28 bits per heavy atom. The van der Waals surface area contributed by atoms with Crippen LogP contribution in [0.2, 0.25) is 0 Å². The van der Waals surface area contributed by atoms with Crippen molar-refractivity contribution >= 4 is 50.1 Å². The monoisotopic (exact) mass is 530 g/mol. The summed E-state index contributed by atoms with van der Waals surface area (Å²) < 4.78 is 41.9. The van der Waals surface area contributed by atoms with Gasteiger partial charge in [0.2, 0.25) is 15.9 Å². The zero-order valence-electron chi connectivity index (χ0n) is 15.9. The maximum atomic E-state index is 13.3. The minimum absolute atomic E-state index is 0.118. The Hall–Kier alpha value is -1.85. The molecule has 1 aliphatic heterocycles. The summed E-state index contributed by atoms with van der Waals surface area (Å²) in [6.45, 7) is 3.49. The molecule has 0 N–H and O–H groups in total. The number of sulfonamides is 1. The van der Waals surface area contributed by atoms with E-state index in [9.17, 15) is 22.4 Å². The number of amides is 2. The highest BCUT2D eigenvalue weighted by atomic mass is 127. The Labute approximate surface area is 182 Å². The molecule has 0 bridgehead atoms. The fourth-order valence-corrected chi connectivity index (χ4v) is 5.50. The van der Waals surface area contributed by atoms with Crippen molar-refractivity contribution in [2.24, 2.45) is 0 Å². The van der Waals surface area contributed by atoms with Gasteiger partial charge in [0.25, 0.3) is 5.91 Å². The number of halogens is 2. The van der Waals surface area contributed by atoms with Crippen molar-refractivity contribution in [3.8, 4) is 0 Å². The number of carbonyl (C=O) groups is 2. The Morgan fingerprint density at radius 2 is 1.72 bits per heavy atom. The van der Waals surface area contributed by atoms with Crippen molar-refractivity contribution in [3.63, 3.8) is 0 Å². The molecule has 1 heterocycles. The molecule has 0 aromatic heterocycles. The molecule has 2 unspecified atom stereocenters. The van der Waals surface area contributed by atoms with Crippen LogP contribution < -0.4 is 4.90 Å². The Balaban J connectivity index is 2.01. The van der Waals surface area contributed by atoms with Crippen molar-refractivity contribution in [3.05, 3.63) is 57.9 Å². The first-order valence-corrected chi connectivity index (χ1v) is 11.6. The van der Waals surface area contributed by atoms with Crippen LogP contribution in [0.5, 0.6) is 0 Å². The van der Waals surface area contributed by atoms with Crippen LogP contribution >= 0.6 is 22.6 Å². The van der Waals surface area contributed by atoms with Gasteiger partial charge in [-0.15, -0.1) is 0 Å². The average molecular weight is 530 g/mol. The summed E-state index contributed by atoms with van der Waals surface area (Å²) in [5, 5.41) is 0. The maximum absolute atomic E-state index is 13.3. The molecule has 29 heavy (non-hydrogen) atoms. The van der Waals surface area contributed by atoms with E-state index in [0.717, 1.165) is 37.0 Å². The van der Waals surface area contributed by atoms with E-state index in [0.29, 0.717) is 12.1 Å². The lowest BCUT2D eigenvalue weighted by atomic mass is 10.2. The first-order chi connectivity index (χ1) is 13.7. The highest BCUT2D eigenvalue weighted by Gasteiger charge is 2.48. The number of benzene rings is 2. The normalized spacial score (nSPS) is 18.5. The quantitative estimate of drug-likeness (QED) is 0.423. The Morgan fingerprint density at radius 1 is 1.14 bits per heavy atom. The lowest BCUT2D eigenvalue weighted by Gasteiger charge is -2.31. The molecule has 0 radical (unpaired) electrons. The third kappa shape index (κ3) is 4.22. The van der Waals surface area contributed by atoms with Gasteiger partial charge < -0.3 is 0 Å². The fourth-order valence-electron chi connectivity index (χ4n) is 3.30. The molecule has 3 rings (SSSR count). The van der Waals surface area contributed by atoms with E-state index in [4.69, 9.17) is 0 Å². The number of carbonyl (C=O) groups excluding carboxylic acids is 2. The van der Waals surface area contributed by atoms with E-state index in [1.807, 2.05) is 0 Å². The lowest BCUT2D eigenvalue weighted by molar-refractivity contribution is -0.122. The van der Waals surface area contributed by atoms with Crippen LogP contribution in [0, 0.1) is 9.39 Å². The zero-order valence-corrected chi connectivity index (χ0v) is 18.9. The van der Waals surface area contributed by atoms with Crippen molar-refractivity contribution in [2.45, 2.75) is 43.7 Å². The third-order valence-electron chi connectivity index (χ3n) is 4.93. The van der Waals surface area contributed by atoms with Crippen LogP contribution in [0.15, 0.2) is 53.4 Å². The van der Waals surface area contributed by atoms with Gasteiger partial charge in [-0.25, -0.2) is 17.7 Å². The molecule has 2 aromatic carbocycles. The predicted molar refractivity (Wildman–Crippen MR) is 115 cm³/mol. The van der Waals surface area contributed by atoms with Crippen LogP contribution in [0.3, 0.4) is 0 Å². The molecule has 6 nitrogen and oxygen atoms in total. The largest absolute Gasteiger partial charge is 0.274 e. The van der Waals surface area contributed by atoms with Crippen LogP contribution in [0.25, 0.3) is 0 Å². The van der Waals surface area contributed by atoms with Gasteiger partial charge in [0.1, 0.15) is 11.9 Å². The topological polar surface area (TPSA) is 74.8 Å². The molecule has 2 aromatic rings. The van der Waals surface area contributed by atoms with Gasteiger partial charge >= 0.3 is 0 Å². The summed E-state index contributed by atoms with van der Waals surface area (Å²) >= 11 is 2.12. The van der Waals surface area contributed by atoms with Gasteiger partial charge in [-0.05, 0) is 84.5 Å².